The predicted octanol–water partition coefficient (Wildman–Crippen LogP) is 3.54. The van der Waals surface area contributed by atoms with E-state index in [2.05, 4.69) is 28.9 Å². The van der Waals surface area contributed by atoms with Crippen LogP contribution < -0.4 is 4.74 Å². The monoisotopic (exact) mass is 382 g/mol. The first-order valence-corrected chi connectivity index (χ1v) is 10.0. The quantitative estimate of drug-likeness (QED) is 0.805. The topological polar surface area (TPSA) is 63.8 Å². The van der Waals surface area contributed by atoms with Gasteiger partial charge >= 0.3 is 5.97 Å². The van der Waals surface area contributed by atoms with Gasteiger partial charge in [0, 0.05) is 54.5 Å². The molecule has 1 aromatic heterocycles. The van der Waals surface area contributed by atoms with E-state index in [1.807, 2.05) is 6.07 Å². The summed E-state index contributed by atoms with van der Waals surface area (Å²) in [4.78, 5) is 17.8. The van der Waals surface area contributed by atoms with Gasteiger partial charge in [-0.1, -0.05) is 0 Å². The Morgan fingerprint density at radius 3 is 3.00 bits per heavy atom. The molecule has 1 fully saturated rings. The number of nitrogens with zero attached hydrogens (tertiary/aromatic N) is 1. The molecule has 4 atom stereocenters. The standard InChI is InChI=1S/C22H26N2O4/c1-12-18-10-24-7-6-16-15-5-4-14(26-3)8-19(15)23-22(16)20(24)9-17(18)21(11-27-12)28-13(2)25/h4-5,8,11-12,17-18,20,23H,6-7,9-10H2,1-3H3/t12-,17?,18+,20?/m0/s1. The van der Waals surface area contributed by atoms with E-state index in [0.29, 0.717) is 17.7 Å². The summed E-state index contributed by atoms with van der Waals surface area (Å²) in [5, 5.41) is 1.29. The fraction of sp³-hybridized carbons (Fsp3) is 0.500. The van der Waals surface area contributed by atoms with E-state index in [1.54, 1.807) is 13.4 Å². The number of benzene rings is 1. The molecule has 0 amide bonds. The number of hydrogen-bond acceptors (Lipinski definition) is 5. The zero-order valence-electron chi connectivity index (χ0n) is 16.5. The van der Waals surface area contributed by atoms with Crippen molar-refractivity contribution in [2.24, 2.45) is 11.8 Å². The minimum absolute atomic E-state index is 0.124. The number of carbonyl (C=O) groups excluding carboxylic acids is 1. The molecular formula is C22H26N2O4. The van der Waals surface area contributed by atoms with Crippen LogP contribution in [0.1, 0.15) is 37.6 Å². The molecule has 1 saturated heterocycles. The highest BCUT2D eigenvalue weighted by atomic mass is 16.6. The molecule has 1 aromatic carbocycles. The molecule has 148 valence electrons. The molecular weight excluding hydrogens is 356 g/mol. The zero-order chi connectivity index (χ0) is 19.4. The lowest BCUT2D eigenvalue weighted by Gasteiger charge is -2.49. The third-order valence-corrected chi connectivity index (χ3v) is 6.64. The largest absolute Gasteiger partial charge is 0.497 e. The second-order valence-corrected chi connectivity index (χ2v) is 8.15. The minimum Gasteiger partial charge on any atom is -0.497 e. The number of carbonyl (C=O) groups is 1. The molecule has 0 bridgehead atoms. The second kappa shape index (κ2) is 6.55. The van der Waals surface area contributed by atoms with Gasteiger partial charge in [-0.3, -0.25) is 9.69 Å². The minimum atomic E-state index is -0.285. The lowest BCUT2D eigenvalue weighted by molar-refractivity contribution is -0.141. The van der Waals surface area contributed by atoms with Crippen LogP contribution in [0.15, 0.2) is 30.2 Å². The Labute approximate surface area is 164 Å². The number of methoxy groups -OCH3 is 1. The van der Waals surface area contributed by atoms with Crippen molar-refractivity contribution in [3.63, 3.8) is 0 Å². The highest BCUT2D eigenvalue weighted by molar-refractivity contribution is 5.86. The lowest BCUT2D eigenvalue weighted by Crippen LogP contribution is -2.51. The zero-order valence-corrected chi connectivity index (χ0v) is 16.5. The normalized spacial score (nSPS) is 29.2. The summed E-state index contributed by atoms with van der Waals surface area (Å²) in [5.41, 5.74) is 3.84. The van der Waals surface area contributed by atoms with Gasteiger partial charge in [-0.15, -0.1) is 0 Å². The first kappa shape index (κ1) is 17.6. The van der Waals surface area contributed by atoms with E-state index in [-0.39, 0.29) is 18.0 Å². The van der Waals surface area contributed by atoms with Crippen molar-refractivity contribution in [1.29, 1.82) is 0 Å². The number of allylic oxidation sites excluding steroid dienone is 1. The third-order valence-electron chi connectivity index (χ3n) is 6.64. The number of ether oxygens (including phenoxy) is 3. The molecule has 28 heavy (non-hydrogen) atoms. The van der Waals surface area contributed by atoms with Crippen molar-refractivity contribution in [2.75, 3.05) is 20.2 Å². The van der Waals surface area contributed by atoms with E-state index in [0.717, 1.165) is 37.2 Å². The molecule has 2 aromatic rings. The van der Waals surface area contributed by atoms with Crippen LogP contribution in [0, 0.1) is 11.8 Å². The van der Waals surface area contributed by atoms with Crippen LogP contribution in [0.5, 0.6) is 5.75 Å². The van der Waals surface area contributed by atoms with Gasteiger partial charge in [-0.05, 0) is 37.5 Å². The smallest absolute Gasteiger partial charge is 0.307 e. The Kier molecular flexibility index (Phi) is 4.12. The van der Waals surface area contributed by atoms with Crippen LogP contribution in [-0.2, 0) is 20.7 Å². The van der Waals surface area contributed by atoms with Crippen LogP contribution >= 0.6 is 0 Å². The molecule has 0 spiro atoms. The molecule has 3 aliphatic heterocycles. The number of piperidine rings is 1. The van der Waals surface area contributed by atoms with E-state index < -0.39 is 0 Å². The van der Waals surface area contributed by atoms with Crippen LogP contribution in [0.25, 0.3) is 10.9 Å². The first-order chi connectivity index (χ1) is 13.5. The van der Waals surface area contributed by atoms with E-state index in [1.165, 1.54) is 23.6 Å². The lowest BCUT2D eigenvalue weighted by atomic mass is 9.74. The van der Waals surface area contributed by atoms with Crippen molar-refractivity contribution in [3.8, 4) is 5.75 Å². The number of fused-ring (bicyclic) bond motifs is 6. The third kappa shape index (κ3) is 2.70. The van der Waals surface area contributed by atoms with Gasteiger partial charge in [-0.2, -0.15) is 0 Å². The number of esters is 1. The van der Waals surface area contributed by atoms with Gasteiger partial charge < -0.3 is 19.2 Å². The summed E-state index contributed by atoms with van der Waals surface area (Å²) in [5.74, 6) is 1.79. The average Bonchev–Trinajstić information content (AvgIpc) is 3.07. The molecule has 0 saturated carbocycles. The second-order valence-electron chi connectivity index (χ2n) is 8.15. The van der Waals surface area contributed by atoms with Crippen LogP contribution in [0.4, 0.5) is 0 Å². The fourth-order valence-corrected chi connectivity index (χ4v) is 5.26. The van der Waals surface area contributed by atoms with E-state index in [4.69, 9.17) is 14.2 Å². The Morgan fingerprint density at radius 1 is 1.36 bits per heavy atom. The van der Waals surface area contributed by atoms with Gasteiger partial charge in [-0.25, -0.2) is 0 Å². The highest BCUT2D eigenvalue weighted by Crippen LogP contribution is 2.47. The Morgan fingerprint density at radius 2 is 2.21 bits per heavy atom. The summed E-state index contributed by atoms with van der Waals surface area (Å²) in [7, 11) is 1.70. The Hall–Kier alpha value is -2.47. The maximum Gasteiger partial charge on any atom is 0.307 e. The van der Waals surface area contributed by atoms with Gasteiger partial charge in [0.15, 0.2) is 0 Å². The van der Waals surface area contributed by atoms with Crippen LogP contribution in [0.2, 0.25) is 0 Å². The number of hydrogen-bond donors (Lipinski definition) is 1. The Bertz CT molecular complexity index is 963. The molecule has 0 radical (unpaired) electrons. The summed E-state index contributed by atoms with van der Waals surface area (Å²) < 4.78 is 16.7. The first-order valence-electron chi connectivity index (χ1n) is 10.0. The maximum absolute atomic E-state index is 11.6. The summed E-state index contributed by atoms with van der Waals surface area (Å²) in [6.45, 7) is 5.56. The van der Waals surface area contributed by atoms with Crippen LogP contribution in [0.3, 0.4) is 0 Å². The summed E-state index contributed by atoms with van der Waals surface area (Å²) >= 11 is 0. The summed E-state index contributed by atoms with van der Waals surface area (Å²) in [6, 6.07) is 6.56. The summed E-state index contributed by atoms with van der Waals surface area (Å²) in [6.07, 6.45) is 3.74. The van der Waals surface area contributed by atoms with Gasteiger partial charge in [0.05, 0.1) is 19.3 Å². The van der Waals surface area contributed by atoms with Gasteiger partial charge in [0.1, 0.15) is 17.8 Å². The van der Waals surface area contributed by atoms with E-state index in [9.17, 15) is 4.79 Å². The van der Waals surface area contributed by atoms with Crippen molar-refractivity contribution < 1.29 is 19.0 Å². The molecule has 5 rings (SSSR count). The SMILES string of the molecule is COc1ccc2c3c([nH]c2c1)C1CC2C(OC(C)=O)=CO[C@@H](C)[C@H]2CN1CC3. The van der Waals surface area contributed by atoms with Gasteiger partial charge in [0.25, 0.3) is 0 Å². The number of nitrogens with one attached hydrogen (secondary N) is 1. The molecule has 4 heterocycles. The molecule has 2 unspecified atom stereocenters. The van der Waals surface area contributed by atoms with E-state index >= 15 is 0 Å². The fourth-order valence-electron chi connectivity index (χ4n) is 5.26. The maximum atomic E-state index is 11.6. The molecule has 1 N–H and O–H groups in total. The van der Waals surface area contributed by atoms with Crippen LogP contribution in [-0.4, -0.2) is 42.2 Å². The number of H-pyrrole nitrogens is 1. The van der Waals surface area contributed by atoms with Crippen molar-refractivity contribution in [1.82, 2.24) is 9.88 Å². The Balaban J connectivity index is 1.52. The number of aromatic nitrogens is 1. The number of aromatic amines is 1. The van der Waals surface area contributed by atoms with Crippen molar-refractivity contribution >= 4 is 16.9 Å². The molecule has 3 aliphatic rings. The van der Waals surface area contributed by atoms with Crippen molar-refractivity contribution in [2.45, 2.75) is 38.8 Å². The predicted molar refractivity (Wildman–Crippen MR) is 105 cm³/mol. The van der Waals surface area contributed by atoms with Crippen molar-refractivity contribution in [3.05, 3.63) is 41.5 Å². The average molecular weight is 382 g/mol. The number of rotatable bonds is 2. The molecule has 0 aliphatic carbocycles. The van der Waals surface area contributed by atoms with Gasteiger partial charge in [0.2, 0.25) is 0 Å². The highest BCUT2D eigenvalue weighted by Gasteiger charge is 2.46. The molecule has 6 nitrogen and oxygen atoms in total. The molecule has 6 heteroatoms.